The number of carbonyl (C=O) groups excluding carboxylic acids is 1. The number of hydrogen-bond acceptors (Lipinski definition) is 6. The summed E-state index contributed by atoms with van der Waals surface area (Å²) in [5.41, 5.74) is 6.71. The van der Waals surface area contributed by atoms with E-state index in [-0.39, 0.29) is 5.78 Å². The minimum absolute atomic E-state index is 0.0562. The number of ketones is 1. The van der Waals surface area contributed by atoms with E-state index in [9.17, 15) is 4.79 Å². The first-order valence-electron chi connectivity index (χ1n) is 9.61. The van der Waals surface area contributed by atoms with Crippen LogP contribution >= 0.6 is 11.3 Å². The molecule has 6 aromatic rings. The van der Waals surface area contributed by atoms with Crippen molar-refractivity contribution in [3.05, 3.63) is 59.9 Å². The molecule has 31 heavy (non-hydrogen) atoms. The highest BCUT2D eigenvalue weighted by Gasteiger charge is 2.17. The van der Waals surface area contributed by atoms with Crippen LogP contribution in [0.5, 0.6) is 0 Å². The first-order valence-corrected chi connectivity index (χ1v) is 10.4. The standard InChI is InChI=1S/C22H15N7OS/c1-11(30)18-4-5-19(31-18)20-13-8-17(26-15(13)6-7-23-20)22-21-16(28-29-22)3-2-14(27-21)12-9-24-25-10-12/h2-10,26H,1H3,(H,24,25)(H,28,29). The van der Waals surface area contributed by atoms with Crippen LogP contribution in [-0.2, 0) is 0 Å². The maximum atomic E-state index is 11.7. The largest absolute Gasteiger partial charge is 0.353 e. The van der Waals surface area contributed by atoms with Crippen LogP contribution in [-0.4, -0.2) is 41.1 Å². The summed E-state index contributed by atoms with van der Waals surface area (Å²) < 4.78 is 0. The molecule has 0 spiro atoms. The van der Waals surface area contributed by atoms with Crippen LogP contribution in [0.25, 0.3) is 55.2 Å². The smallest absolute Gasteiger partial charge is 0.169 e. The molecule has 0 fully saturated rings. The highest BCUT2D eigenvalue weighted by Crippen LogP contribution is 2.35. The molecule has 0 bridgehead atoms. The fourth-order valence-corrected chi connectivity index (χ4v) is 4.58. The van der Waals surface area contributed by atoms with E-state index in [4.69, 9.17) is 4.98 Å². The van der Waals surface area contributed by atoms with E-state index in [0.717, 1.165) is 60.0 Å². The molecule has 9 heteroatoms. The van der Waals surface area contributed by atoms with Gasteiger partial charge in [0.1, 0.15) is 11.2 Å². The molecule has 0 saturated heterocycles. The number of nitrogens with one attached hydrogen (secondary N) is 3. The van der Waals surface area contributed by atoms with Gasteiger partial charge in [-0.3, -0.25) is 20.0 Å². The molecule has 8 nitrogen and oxygen atoms in total. The Morgan fingerprint density at radius 1 is 1.06 bits per heavy atom. The highest BCUT2D eigenvalue weighted by atomic mass is 32.1. The maximum absolute atomic E-state index is 11.7. The molecular weight excluding hydrogens is 410 g/mol. The zero-order valence-electron chi connectivity index (χ0n) is 16.3. The molecule has 6 aromatic heterocycles. The van der Waals surface area contributed by atoms with Crippen molar-refractivity contribution in [3.8, 4) is 33.2 Å². The number of H-pyrrole nitrogens is 3. The number of rotatable bonds is 4. The van der Waals surface area contributed by atoms with Gasteiger partial charge in [-0.05, 0) is 43.3 Å². The van der Waals surface area contributed by atoms with E-state index in [0.29, 0.717) is 0 Å². The lowest BCUT2D eigenvalue weighted by atomic mass is 10.1. The average molecular weight is 425 g/mol. The number of aromatic amines is 3. The Bertz CT molecular complexity index is 1570. The van der Waals surface area contributed by atoms with Gasteiger partial charge in [0.2, 0.25) is 0 Å². The predicted octanol–water partition coefficient (Wildman–Crippen LogP) is 4.82. The Morgan fingerprint density at radius 3 is 2.81 bits per heavy atom. The fraction of sp³-hybridized carbons (Fsp3) is 0.0455. The zero-order chi connectivity index (χ0) is 20.9. The number of aromatic nitrogens is 7. The first-order chi connectivity index (χ1) is 15.2. The van der Waals surface area contributed by atoms with Crippen molar-refractivity contribution >= 4 is 39.1 Å². The molecular formula is C22H15N7OS. The molecule has 0 unspecified atom stereocenters. The van der Waals surface area contributed by atoms with Crippen molar-refractivity contribution in [2.24, 2.45) is 0 Å². The Hall–Kier alpha value is -4.11. The van der Waals surface area contributed by atoms with Crippen molar-refractivity contribution in [2.75, 3.05) is 0 Å². The van der Waals surface area contributed by atoms with Crippen LogP contribution in [0.15, 0.2) is 55.0 Å². The lowest BCUT2D eigenvalue weighted by Crippen LogP contribution is -1.84. The van der Waals surface area contributed by atoms with Crippen LogP contribution in [0.2, 0.25) is 0 Å². The zero-order valence-corrected chi connectivity index (χ0v) is 17.1. The van der Waals surface area contributed by atoms with Gasteiger partial charge in [-0.1, -0.05) is 0 Å². The summed E-state index contributed by atoms with van der Waals surface area (Å²) in [7, 11) is 0. The Balaban J connectivity index is 1.50. The van der Waals surface area contributed by atoms with Crippen molar-refractivity contribution in [2.45, 2.75) is 6.92 Å². The summed E-state index contributed by atoms with van der Waals surface area (Å²) in [5, 5.41) is 15.4. The van der Waals surface area contributed by atoms with E-state index in [1.165, 1.54) is 11.3 Å². The summed E-state index contributed by atoms with van der Waals surface area (Å²) >= 11 is 1.45. The van der Waals surface area contributed by atoms with Crippen LogP contribution < -0.4 is 0 Å². The molecule has 0 atom stereocenters. The van der Waals surface area contributed by atoms with Crippen molar-refractivity contribution in [1.82, 2.24) is 35.3 Å². The van der Waals surface area contributed by atoms with Gasteiger partial charge in [0.05, 0.1) is 38.5 Å². The molecule has 3 N–H and O–H groups in total. The number of pyridine rings is 2. The lowest BCUT2D eigenvalue weighted by molar-refractivity contribution is 0.102. The van der Waals surface area contributed by atoms with Gasteiger partial charge in [0, 0.05) is 28.9 Å². The van der Waals surface area contributed by atoms with Gasteiger partial charge in [-0.2, -0.15) is 10.2 Å². The second-order valence-corrected chi connectivity index (χ2v) is 8.26. The third-order valence-corrected chi connectivity index (χ3v) is 6.38. The third kappa shape index (κ3) is 2.86. The molecule has 150 valence electrons. The predicted molar refractivity (Wildman–Crippen MR) is 120 cm³/mol. The minimum Gasteiger partial charge on any atom is -0.353 e. The van der Waals surface area contributed by atoms with Gasteiger partial charge < -0.3 is 4.98 Å². The Labute approximate surface area is 179 Å². The van der Waals surface area contributed by atoms with Gasteiger partial charge in [0.25, 0.3) is 0 Å². The topological polar surface area (TPSA) is 116 Å². The van der Waals surface area contributed by atoms with Crippen LogP contribution in [0.4, 0.5) is 0 Å². The molecule has 0 saturated carbocycles. The number of fused-ring (bicyclic) bond motifs is 2. The minimum atomic E-state index is 0.0562. The van der Waals surface area contributed by atoms with Crippen LogP contribution in [0.3, 0.4) is 0 Å². The van der Waals surface area contributed by atoms with Gasteiger partial charge >= 0.3 is 0 Å². The number of hydrogen-bond donors (Lipinski definition) is 3. The summed E-state index contributed by atoms with van der Waals surface area (Å²) in [5.74, 6) is 0.0562. The fourth-order valence-electron chi connectivity index (χ4n) is 3.67. The second-order valence-electron chi connectivity index (χ2n) is 7.18. The number of Topliss-reactive ketones (excluding diaryl/α,β-unsaturated/α-hetero) is 1. The van der Waals surface area contributed by atoms with E-state index >= 15 is 0 Å². The normalized spacial score (nSPS) is 11.5. The van der Waals surface area contributed by atoms with E-state index in [1.54, 1.807) is 19.3 Å². The maximum Gasteiger partial charge on any atom is 0.169 e. The van der Waals surface area contributed by atoms with E-state index in [1.807, 2.05) is 42.6 Å². The van der Waals surface area contributed by atoms with Gasteiger partial charge in [-0.15, -0.1) is 11.3 Å². The van der Waals surface area contributed by atoms with Gasteiger partial charge in [0.15, 0.2) is 5.78 Å². The lowest BCUT2D eigenvalue weighted by Gasteiger charge is -1.98. The van der Waals surface area contributed by atoms with E-state index in [2.05, 4.69) is 30.4 Å². The summed E-state index contributed by atoms with van der Waals surface area (Å²) in [6.45, 7) is 1.57. The summed E-state index contributed by atoms with van der Waals surface area (Å²) in [6, 6.07) is 11.7. The Morgan fingerprint density at radius 2 is 2.00 bits per heavy atom. The first kappa shape index (κ1) is 17.7. The van der Waals surface area contributed by atoms with Crippen LogP contribution in [0, 0.1) is 0 Å². The van der Waals surface area contributed by atoms with Gasteiger partial charge in [-0.25, -0.2) is 4.98 Å². The second kappa shape index (κ2) is 6.71. The van der Waals surface area contributed by atoms with E-state index < -0.39 is 0 Å². The average Bonchev–Trinajstić information content (AvgIpc) is 3.58. The molecule has 0 aliphatic heterocycles. The molecule has 0 amide bonds. The summed E-state index contributed by atoms with van der Waals surface area (Å²) in [6.07, 6.45) is 5.32. The molecule has 0 aliphatic carbocycles. The molecule has 0 aliphatic rings. The molecule has 6 rings (SSSR count). The third-order valence-electron chi connectivity index (χ3n) is 5.19. The quantitative estimate of drug-likeness (QED) is 0.350. The molecule has 6 heterocycles. The number of nitrogens with zero attached hydrogens (tertiary/aromatic N) is 4. The monoisotopic (exact) mass is 425 g/mol. The number of carbonyl (C=O) groups is 1. The van der Waals surface area contributed by atoms with Crippen molar-refractivity contribution < 1.29 is 4.79 Å². The van der Waals surface area contributed by atoms with Crippen molar-refractivity contribution in [1.29, 1.82) is 0 Å². The Kier molecular flexibility index (Phi) is 3.84. The number of thiophene rings is 1. The SMILES string of the molecule is CC(=O)c1ccc(-c2nccc3[nH]c(-c4n[nH]c5ccc(-c6cn[nH]c6)nc45)cc23)s1. The molecule has 0 aromatic carbocycles. The highest BCUT2D eigenvalue weighted by molar-refractivity contribution is 7.17. The van der Waals surface area contributed by atoms with Crippen LogP contribution in [0.1, 0.15) is 16.6 Å². The molecule has 0 radical (unpaired) electrons. The van der Waals surface area contributed by atoms with Crippen molar-refractivity contribution in [3.63, 3.8) is 0 Å². The summed E-state index contributed by atoms with van der Waals surface area (Å²) in [4.78, 5) is 26.2.